The smallest absolute Gasteiger partial charge is 0.315 e. The summed E-state index contributed by atoms with van der Waals surface area (Å²) in [4.78, 5) is 24.7. The highest BCUT2D eigenvalue weighted by atomic mass is 16.5. The van der Waals surface area contributed by atoms with E-state index in [2.05, 4.69) is 15.5 Å². The van der Waals surface area contributed by atoms with Gasteiger partial charge >= 0.3 is 12.0 Å². The van der Waals surface area contributed by atoms with Gasteiger partial charge in [0.05, 0.1) is 25.2 Å². The summed E-state index contributed by atoms with van der Waals surface area (Å²) in [6, 6.07) is -0.446. The first-order chi connectivity index (χ1) is 9.65. The van der Waals surface area contributed by atoms with Gasteiger partial charge in [-0.2, -0.15) is 0 Å². The Bertz CT molecular complexity index is 380. The molecule has 7 nitrogen and oxygen atoms in total. The maximum Gasteiger partial charge on any atom is 0.315 e. The summed E-state index contributed by atoms with van der Waals surface area (Å²) in [5.41, 5.74) is 0. The van der Waals surface area contributed by atoms with Gasteiger partial charge in [-0.3, -0.25) is 9.69 Å². The molecule has 2 atom stereocenters. The molecule has 1 aliphatic carbocycles. The van der Waals surface area contributed by atoms with Gasteiger partial charge in [0.25, 0.3) is 0 Å². The maximum atomic E-state index is 11.7. The van der Waals surface area contributed by atoms with Gasteiger partial charge < -0.3 is 20.5 Å². The van der Waals surface area contributed by atoms with E-state index in [1.165, 1.54) is 0 Å². The van der Waals surface area contributed by atoms with Crippen LogP contribution in [0.25, 0.3) is 0 Å². The Morgan fingerprint density at radius 1 is 1.30 bits per heavy atom. The number of aliphatic carboxylic acids is 1. The van der Waals surface area contributed by atoms with Gasteiger partial charge in [0, 0.05) is 26.2 Å². The van der Waals surface area contributed by atoms with Gasteiger partial charge in [0.2, 0.25) is 0 Å². The van der Waals surface area contributed by atoms with Crippen LogP contribution >= 0.6 is 0 Å². The number of morpholine rings is 1. The number of carbonyl (C=O) groups is 2. The van der Waals surface area contributed by atoms with Crippen LogP contribution in [-0.2, 0) is 9.53 Å². The molecule has 1 saturated heterocycles. The average Bonchev–Trinajstić information content (AvgIpc) is 2.88. The fraction of sp³-hybridized carbons (Fsp3) is 0.692. The van der Waals surface area contributed by atoms with Crippen LogP contribution in [0.5, 0.6) is 0 Å². The van der Waals surface area contributed by atoms with E-state index in [-0.39, 0.29) is 12.1 Å². The van der Waals surface area contributed by atoms with Crippen molar-refractivity contribution >= 4 is 12.0 Å². The molecule has 112 valence electrons. The van der Waals surface area contributed by atoms with Gasteiger partial charge in [0.1, 0.15) is 0 Å². The summed E-state index contributed by atoms with van der Waals surface area (Å²) in [5.74, 6) is -1.34. The Kier molecular flexibility index (Phi) is 5.37. The lowest BCUT2D eigenvalue weighted by atomic mass is 10.1. The molecule has 0 aromatic heterocycles. The fourth-order valence-electron chi connectivity index (χ4n) is 2.36. The Labute approximate surface area is 118 Å². The molecule has 1 heterocycles. The van der Waals surface area contributed by atoms with Gasteiger partial charge in [0.15, 0.2) is 0 Å². The number of carboxylic acid groups (broad SMARTS) is 1. The number of ether oxygens (including phenoxy) is 1. The number of nitrogens with zero attached hydrogens (tertiary/aromatic N) is 1. The second-order valence-electron chi connectivity index (χ2n) is 5.03. The Morgan fingerprint density at radius 2 is 2.05 bits per heavy atom. The SMILES string of the molecule is O=C(NCCN1CCOCC1)NC1C=CC(C(=O)O)C1. The molecule has 0 bridgehead atoms. The number of hydrogen-bond donors (Lipinski definition) is 3. The monoisotopic (exact) mass is 283 g/mol. The fourth-order valence-corrected chi connectivity index (χ4v) is 2.36. The highest BCUT2D eigenvalue weighted by Gasteiger charge is 2.25. The summed E-state index contributed by atoms with van der Waals surface area (Å²) >= 11 is 0. The van der Waals surface area contributed by atoms with E-state index < -0.39 is 11.9 Å². The topological polar surface area (TPSA) is 90.9 Å². The predicted octanol–water partition coefficient (Wildman–Crippen LogP) is -0.353. The van der Waals surface area contributed by atoms with Crippen molar-refractivity contribution in [3.05, 3.63) is 12.2 Å². The number of rotatable bonds is 5. The van der Waals surface area contributed by atoms with Crippen molar-refractivity contribution < 1.29 is 19.4 Å². The van der Waals surface area contributed by atoms with E-state index in [9.17, 15) is 9.59 Å². The van der Waals surface area contributed by atoms with Crippen molar-refractivity contribution in [1.82, 2.24) is 15.5 Å². The molecule has 0 radical (unpaired) electrons. The van der Waals surface area contributed by atoms with Gasteiger partial charge in [-0.05, 0) is 6.42 Å². The number of carbonyl (C=O) groups excluding carboxylic acids is 1. The molecule has 2 unspecified atom stereocenters. The van der Waals surface area contributed by atoms with Crippen LogP contribution in [0, 0.1) is 5.92 Å². The van der Waals surface area contributed by atoms with E-state index in [0.29, 0.717) is 13.0 Å². The Hall–Kier alpha value is -1.60. The van der Waals surface area contributed by atoms with Gasteiger partial charge in [-0.1, -0.05) is 12.2 Å². The first kappa shape index (κ1) is 14.8. The highest BCUT2D eigenvalue weighted by molar-refractivity contribution is 5.76. The molecule has 7 heteroatoms. The van der Waals surface area contributed by atoms with E-state index in [0.717, 1.165) is 32.8 Å². The zero-order valence-electron chi connectivity index (χ0n) is 11.4. The molecule has 0 aromatic carbocycles. The molecular formula is C13H21N3O4. The standard InChI is InChI=1S/C13H21N3O4/c17-12(18)10-1-2-11(9-10)15-13(19)14-3-4-16-5-7-20-8-6-16/h1-2,10-11H,3-9H2,(H,17,18)(H2,14,15,19). The lowest BCUT2D eigenvalue weighted by molar-refractivity contribution is -0.140. The van der Waals surface area contributed by atoms with Crippen LogP contribution in [-0.4, -0.2) is 67.4 Å². The van der Waals surface area contributed by atoms with Crippen molar-refractivity contribution in [2.45, 2.75) is 12.5 Å². The van der Waals surface area contributed by atoms with Crippen LogP contribution in [0.1, 0.15) is 6.42 Å². The first-order valence-electron chi connectivity index (χ1n) is 6.91. The minimum atomic E-state index is -0.849. The second kappa shape index (κ2) is 7.25. The van der Waals surface area contributed by atoms with Crippen molar-refractivity contribution in [2.24, 2.45) is 5.92 Å². The van der Waals surface area contributed by atoms with Crippen LogP contribution in [0.3, 0.4) is 0 Å². The average molecular weight is 283 g/mol. The van der Waals surface area contributed by atoms with E-state index in [4.69, 9.17) is 9.84 Å². The quantitative estimate of drug-likeness (QED) is 0.600. The normalized spacial score (nSPS) is 26.4. The minimum absolute atomic E-state index is 0.195. The predicted molar refractivity (Wildman–Crippen MR) is 72.5 cm³/mol. The largest absolute Gasteiger partial charge is 0.481 e. The zero-order valence-corrected chi connectivity index (χ0v) is 11.4. The molecule has 0 saturated carbocycles. The number of urea groups is 1. The van der Waals surface area contributed by atoms with Crippen molar-refractivity contribution in [3.8, 4) is 0 Å². The summed E-state index contributed by atoms with van der Waals surface area (Å²) in [6.45, 7) is 4.66. The lowest BCUT2D eigenvalue weighted by Gasteiger charge is -2.26. The second-order valence-corrected chi connectivity index (χ2v) is 5.03. The van der Waals surface area contributed by atoms with E-state index in [1.807, 2.05) is 0 Å². The van der Waals surface area contributed by atoms with Crippen LogP contribution in [0.15, 0.2) is 12.2 Å². The Morgan fingerprint density at radius 3 is 2.70 bits per heavy atom. The van der Waals surface area contributed by atoms with E-state index in [1.54, 1.807) is 12.2 Å². The number of hydrogen-bond acceptors (Lipinski definition) is 4. The molecule has 20 heavy (non-hydrogen) atoms. The molecule has 0 spiro atoms. The lowest BCUT2D eigenvalue weighted by Crippen LogP contribution is -2.45. The molecule has 0 aromatic rings. The van der Waals surface area contributed by atoms with Crippen molar-refractivity contribution in [3.63, 3.8) is 0 Å². The van der Waals surface area contributed by atoms with Crippen molar-refractivity contribution in [2.75, 3.05) is 39.4 Å². The number of carboxylic acids is 1. The van der Waals surface area contributed by atoms with Crippen LogP contribution in [0.2, 0.25) is 0 Å². The molecule has 2 amide bonds. The molecule has 1 fully saturated rings. The highest BCUT2D eigenvalue weighted by Crippen LogP contribution is 2.17. The summed E-state index contributed by atoms with van der Waals surface area (Å²) < 4.78 is 5.25. The van der Waals surface area contributed by atoms with Crippen LogP contribution < -0.4 is 10.6 Å². The first-order valence-corrected chi connectivity index (χ1v) is 6.91. The Balaban J connectivity index is 1.59. The van der Waals surface area contributed by atoms with Crippen molar-refractivity contribution in [1.29, 1.82) is 0 Å². The number of amides is 2. The van der Waals surface area contributed by atoms with Crippen LogP contribution in [0.4, 0.5) is 4.79 Å². The summed E-state index contributed by atoms with van der Waals surface area (Å²) in [6.07, 6.45) is 3.79. The minimum Gasteiger partial charge on any atom is -0.481 e. The third-order valence-electron chi connectivity index (χ3n) is 3.53. The molecule has 2 aliphatic rings. The van der Waals surface area contributed by atoms with E-state index >= 15 is 0 Å². The third kappa shape index (κ3) is 4.50. The van der Waals surface area contributed by atoms with Gasteiger partial charge in [-0.15, -0.1) is 0 Å². The number of nitrogens with one attached hydrogen (secondary N) is 2. The molecule has 3 N–H and O–H groups in total. The third-order valence-corrected chi connectivity index (χ3v) is 3.53. The maximum absolute atomic E-state index is 11.7. The summed E-state index contributed by atoms with van der Waals surface area (Å²) in [7, 11) is 0. The molecular weight excluding hydrogens is 262 g/mol. The molecule has 1 aliphatic heterocycles. The molecule has 2 rings (SSSR count). The summed E-state index contributed by atoms with van der Waals surface area (Å²) in [5, 5.41) is 14.4. The van der Waals surface area contributed by atoms with Gasteiger partial charge in [-0.25, -0.2) is 4.79 Å². The zero-order chi connectivity index (χ0) is 14.4.